The molecule has 1 amide bonds. The number of hydrogen-bond acceptors (Lipinski definition) is 4. The maximum atomic E-state index is 11.7. The molecule has 0 fully saturated rings. The van der Waals surface area contributed by atoms with Gasteiger partial charge < -0.3 is 20.3 Å². The number of nitrogens with one attached hydrogen (secondary N) is 2. The number of hydrogen-bond donors (Lipinski definition) is 2. The molecule has 1 aromatic rings. The van der Waals surface area contributed by atoms with Crippen molar-refractivity contribution in [2.24, 2.45) is 4.99 Å². The third kappa shape index (κ3) is 7.78. The molecule has 23 heavy (non-hydrogen) atoms. The number of aliphatic imine (C=N–C) groups is 1. The SMILES string of the molecule is COc1ccc(CN=C(NCCSC)NCC(=O)N(C)C)cc1. The van der Waals surface area contributed by atoms with Gasteiger partial charge in [-0.1, -0.05) is 12.1 Å². The molecule has 1 rings (SSSR count). The number of benzene rings is 1. The highest BCUT2D eigenvalue weighted by molar-refractivity contribution is 7.98. The number of ether oxygens (including phenoxy) is 1. The fourth-order valence-corrected chi connectivity index (χ4v) is 1.97. The van der Waals surface area contributed by atoms with Crippen molar-refractivity contribution in [3.63, 3.8) is 0 Å². The van der Waals surface area contributed by atoms with E-state index < -0.39 is 0 Å². The number of guanidine groups is 1. The molecule has 2 N–H and O–H groups in total. The van der Waals surface area contributed by atoms with Crippen LogP contribution < -0.4 is 15.4 Å². The summed E-state index contributed by atoms with van der Waals surface area (Å²) in [6.45, 7) is 1.56. The molecule has 0 saturated heterocycles. The van der Waals surface area contributed by atoms with Gasteiger partial charge in [-0.2, -0.15) is 11.8 Å². The lowest BCUT2D eigenvalue weighted by atomic mass is 10.2. The van der Waals surface area contributed by atoms with Crippen molar-refractivity contribution in [3.8, 4) is 5.75 Å². The number of carbonyl (C=O) groups is 1. The monoisotopic (exact) mass is 338 g/mol. The van der Waals surface area contributed by atoms with Crippen LogP contribution in [0.15, 0.2) is 29.3 Å². The smallest absolute Gasteiger partial charge is 0.241 e. The molecule has 0 unspecified atom stereocenters. The molecular weight excluding hydrogens is 312 g/mol. The number of nitrogens with zero attached hydrogens (tertiary/aromatic N) is 2. The van der Waals surface area contributed by atoms with Crippen LogP contribution in [0, 0.1) is 0 Å². The Morgan fingerprint density at radius 1 is 1.26 bits per heavy atom. The van der Waals surface area contributed by atoms with Gasteiger partial charge in [0.1, 0.15) is 5.75 Å². The lowest BCUT2D eigenvalue weighted by molar-refractivity contribution is -0.127. The summed E-state index contributed by atoms with van der Waals surface area (Å²) in [7, 11) is 5.12. The van der Waals surface area contributed by atoms with Crippen molar-refractivity contribution in [2.45, 2.75) is 6.54 Å². The maximum absolute atomic E-state index is 11.7. The summed E-state index contributed by atoms with van der Waals surface area (Å²) >= 11 is 1.76. The molecule has 6 nitrogen and oxygen atoms in total. The molecule has 0 aliphatic rings. The van der Waals surface area contributed by atoms with E-state index in [1.165, 1.54) is 0 Å². The molecule has 1 aromatic carbocycles. The van der Waals surface area contributed by atoms with E-state index in [9.17, 15) is 4.79 Å². The average Bonchev–Trinajstić information content (AvgIpc) is 2.57. The second-order valence-corrected chi connectivity index (χ2v) is 6.06. The van der Waals surface area contributed by atoms with Crippen LogP contribution in [0.2, 0.25) is 0 Å². The molecular formula is C16H26N4O2S. The van der Waals surface area contributed by atoms with Gasteiger partial charge in [0.05, 0.1) is 20.2 Å². The number of carbonyl (C=O) groups excluding carboxylic acids is 1. The summed E-state index contributed by atoms with van der Waals surface area (Å²) in [6.07, 6.45) is 2.05. The van der Waals surface area contributed by atoms with E-state index in [0.717, 1.165) is 23.6 Å². The summed E-state index contributed by atoms with van der Waals surface area (Å²) in [5.74, 6) is 2.45. The van der Waals surface area contributed by atoms with Crippen LogP contribution in [-0.2, 0) is 11.3 Å². The van der Waals surface area contributed by atoms with Gasteiger partial charge in [0, 0.05) is 26.4 Å². The number of likely N-dealkylation sites (N-methyl/N-ethyl adjacent to an activating group) is 1. The topological polar surface area (TPSA) is 66.0 Å². The Morgan fingerprint density at radius 3 is 2.52 bits per heavy atom. The summed E-state index contributed by atoms with van der Waals surface area (Å²) in [4.78, 5) is 17.8. The Balaban J connectivity index is 2.62. The first-order valence-electron chi connectivity index (χ1n) is 7.41. The van der Waals surface area contributed by atoms with Crippen LogP contribution in [0.1, 0.15) is 5.56 Å². The Hall–Kier alpha value is -1.89. The minimum Gasteiger partial charge on any atom is -0.497 e. The molecule has 0 saturated carbocycles. The van der Waals surface area contributed by atoms with Gasteiger partial charge in [-0.15, -0.1) is 0 Å². The van der Waals surface area contributed by atoms with Crippen LogP contribution in [0.4, 0.5) is 0 Å². The lowest BCUT2D eigenvalue weighted by Crippen LogP contribution is -2.43. The van der Waals surface area contributed by atoms with Crippen molar-refractivity contribution < 1.29 is 9.53 Å². The number of rotatable bonds is 8. The summed E-state index contributed by atoms with van der Waals surface area (Å²) in [5.41, 5.74) is 1.08. The number of methoxy groups -OCH3 is 1. The predicted octanol–water partition coefficient (Wildman–Crippen LogP) is 1.18. The summed E-state index contributed by atoms with van der Waals surface area (Å²) < 4.78 is 5.14. The fraction of sp³-hybridized carbons (Fsp3) is 0.500. The molecule has 0 aliphatic heterocycles. The van der Waals surface area contributed by atoms with Gasteiger partial charge in [0.25, 0.3) is 0 Å². The van der Waals surface area contributed by atoms with Gasteiger partial charge >= 0.3 is 0 Å². The molecule has 0 spiro atoms. The maximum Gasteiger partial charge on any atom is 0.241 e. The quantitative estimate of drug-likeness (QED) is 0.423. The Morgan fingerprint density at radius 2 is 1.96 bits per heavy atom. The Kier molecular flexibility index (Phi) is 8.97. The van der Waals surface area contributed by atoms with Crippen molar-refractivity contribution in [2.75, 3.05) is 46.3 Å². The molecule has 128 valence electrons. The highest BCUT2D eigenvalue weighted by Gasteiger charge is 2.05. The van der Waals surface area contributed by atoms with Crippen LogP contribution >= 0.6 is 11.8 Å². The first kappa shape index (κ1) is 19.2. The van der Waals surface area contributed by atoms with Crippen molar-refractivity contribution >= 4 is 23.6 Å². The molecule has 0 aromatic heterocycles. The van der Waals surface area contributed by atoms with E-state index in [0.29, 0.717) is 12.5 Å². The number of thioether (sulfide) groups is 1. The first-order valence-corrected chi connectivity index (χ1v) is 8.80. The van der Waals surface area contributed by atoms with Crippen LogP contribution in [0.5, 0.6) is 5.75 Å². The van der Waals surface area contributed by atoms with E-state index in [2.05, 4.69) is 21.9 Å². The highest BCUT2D eigenvalue weighted by Crippen LogP contribution is 2.11. The van der Waals surface area contributed by atoms with Gasteiger partial charge in [-0.3, -0.25) is 4.79 Å². The molecule has 7 heteroatoms. The van der Waals surface area contributed by atoms with E-state index in [-0.39, 0.29) is 12.5 Å². The lowest BCUT2D eigenvalue weighted by Gasteiger charge is -2.14. The fourth-order valence-electron chi connectivity index (χ4n) is 1.66. The van der Waals surface area contributed by atoms with Crippen LogP contribution in [0.25, 0.3) is 0 Å². The van der Waals surface area contributed by atoms with Crippen molar-refractivity contribution in [1.82, 2.24) is 15.5 Å². The molecule has 0 heterocycles. The molecule has 0 aliphatic carbocycles. The average molecular weight is 338 g/mol. The third-order valence-electron chi connectivity index (χ3n) is 3.08. The normalized spacial score (nSPS) is 11.0. The van der Waals surface area contributed by atoms with E-state index >= 15 is 0 Å². The Bertz CT molecular complexity index is 503. The second kappa shape index (κ2) is 10.8. The standard InChI is InChI=1S/C16H26N4O2S/c1-20(2)15(21)12-19-16(17-9-10-23-4)18-11-13-5-7-14(22-3)8-6-13/h5-8H,9-12H2,1-4H3,(H2,17,18,19). The zero-order valence-corrected chi connectivity index (χ0v) is 15.1. The minimum absolute atomic E-state index is 0.00816. The van der Waals surface area contributed by atoms with E-state index in [4.69, 9.17) is 4.74 Å². The second-order valence-electron chi connectivity index (χ2n) is 5.07. The molecule has 0 atom stereocenters. The largest absolute Gasteiger partial charge is 0.497 e. The zero-order chi connectivity index (χ0) is 17.1. The predicted molar refractivity (Wildman–Crippen MR) is 97.2 cm³/mol. The van der Waals surface area contributed by atoms with Crippen molar-refractivity contribution in [3.05, 3.63) is 29.8 Å². The molecule has 0 bridgehead atoms. The number of amides is 1. The van der Waals surface area contributed by atoms with Gasteiger partial charge in [0.15, 0.2) is 5.96 Å². The minimum atomic E-state index is 0.00816. The van der Waals surface area contributed by atoms with E-state index in [1.807, 2.05) is 24.3 Å². The van der Waals surface area contributed by atoms with Gasteiger partial charge in [0.2, 0.25) is 5.91 Å². The van der Waals surface area contributed by atoms with Gasteiger partial charge in [-0.25, -0.2) is 4.99 Å². The van der Waals surface area contributed by atoms with Crippen LogP contribution in [0.3, 0.4) is 0 Å². The van der Waals surface area contributed by atoms with Gasteiger partial charge in [-0.05, 0) is 24.0 Å². The van der Waals surface area contributed by atoms with E-state index in [1.54, 1.807) is 37.9 Å². The first-order chi connectivity index (χ1) is 11.1. The highest BCUT2D eigenvalue weighted by atomic mass is 32.2. The van der Waals surface area contributed by atoms with Crippen molar-refractivity contribution in [1.29, 1.82) is 0 Å². The zero-order valence-electron chi connectivity index (χ0n) is 14.3. The summed E-state index contributed by atoms with van der Waals surface area (Å²) in [5, 5.41) is 6.30. The molecule has 0 radical (unpaired) electrons. The summed E-state index contributed by atoms with van der Waals surface area (Å²) in [6, 6.07) is 7.78. The Labute approximate surface area is 142 Å². The van der Waals surface area contributed by atoms with Crippen LogP contribution in [-0.4, -0.2) is 63.1 Å². The third-order valence-corrected chi connectivity index (χ3v) is 3.70.